The van der Waals surface area contributed by atoms with Gasteiger partial charge in [-0.15, -0.1) is 0 Å². The molecule has 1 aliphatic heterocycles. The zero-order chi connectivity index (χ0) is 9.19. The van der Waals surface area contributed by atoms with E-state index in [1.54, 1.807) is 0 Å². The second kappa shape index (κ2) is 3.54. The summed E-state index contributed by atoms with van der Waals surface area (Å²) >= 11 is 0. The van der Waals surface area contributed by atoms with Crippen LogP contribution in [0.4, 0.5) is 0 Å². The predicted octanol–water partition coefficient (Wildman–Crippen LogP) is 0.0688. The number of aldehydes is 1. The molecule has 0 aromatic carbocycles. The van der Waals surface area contributed by atoms with E-state index in [4.69, 9.17) is 0 Å². The van der Waals surface area contributed by atoms with Gasteiger partial charge < -0.3 is 14.6 Å². The molecule has 3 heteroatoms. The van der Waals surface area contributed by atoms with Crippen molar-refractivity contribution < 1.29 is 4.79 Å². The quantitative estimate of drug-likeness (QED) is 0.558. The molecule has 1 rings (SSSR count). The molecule has 0 bridgehead atoms. The fraction of sp³-hybridized carbons (Fsp3) is 0.889. The lowest BCUT2D eigenvalue weighted by atomic mass is 9.78. The number of carbonyl (C=O) groups excluding carboxylic acids is 1. The lowest BCUT2D eigenvalue weighted by Crippen LogP contribution is -2.56. The van der Waals surface area contributed by atoms with Crippen LogP contribution in [0.25, 0.3) is 0 Å². The molecule has 0 unspecified atom stereocenters. The lowest BCUT2D eigenvalue weighted by molar-refractivity contribution is -0.125. The van der Waals surface area contributed by atoms with Gasteiger partial charge in [0.2, 0.25) is 0 Å². The molecule has 12 heavy (non-hydrogen) atoms. The number of nitrogens with zero attached hydrogens (tertiary/aromatic N) is 2. The molecule has 1 aliphatic rings. The summed E-state index contributed by atoms with van der Waals surface area (Å²) in [5.41, 5.74) is -0.0287. The third-order valence-electron chi connectivity index (χ3n) is 2.48. The van der Waals surface area contributed by atoms with Crippen LogP contribution in [-0.2, 0) is 4.79 Å². The van der Waals surface area contributed by atoms with E-state index in [1.807, 2.05) is 14.1 Å². The van der Waals surface area contributed by atoms with Crippen molar-refractivity contribution >= 4 is 6.29 Å². The Balaban J connectivity index is 2.32. The van der Waals surface area contributed by atoms with Crippen LogP contribution in [0.3, 0.4) is 0 Å². The van der Waals surface area contributed by atoms with Gasteiger partial charge in [0.05, 0.1) is 5.41 Å². The van der Waals surface area contributed by atoms with Crippen LogP contribution in [0.2, 0.25) is 0 Å². The summed E-state index contributed by atoms with van der Waals surface area (Å²) in [5.74, 6) is 0. The molecule has 3 nitrogen and oxygen atoms in total. The van der Waals surface area contributed by atoms with Crippen LogP contribution in [0, 0.1) is 5.41 Å². The van der Waals surface area contributed by atoms with Crippen molar-refractivity contribution in [2.75, 3.05) is 40.8 Å². The smallest absolute Gasteiger partial charge is 0.128 e. The first kappa shape index (κ1) is 9.68. The van der Waals surface area contributed by atoms with Crippen LogP contribution in [0.1, 0.15) is 6.42 Å². The first-order valence-electron chi connectivity index (χ1n) is 4.38. The third-order valence-corrected chi connectivity index (χ3v) is 2.48. The minimum Gasteiger partial charge on any atom is -0.309 e. The van der Waals surface area contributed by atoms with Crippen molar-refractivity contribution in [3.05, 3.63) is 0 Å². The fourth-order valence-corrected chi connectivity index (χ4v) is 1.77. The maximum atomic E-state index is 10.8. The minimum atomic E-state index is -0.0287. The fourth-order valence-electron chi connectivity index (χ4n) is 1.77. The van der Waals surface area contributed by atoms with E-state index < -0.39 is 0 Å². The highest BCUT2D eigenvalue weighted by molar-refractivity contribution is 5.62. The molecule has 0 spiro atoms. The summed E-state index contributed by atoms with van der Waals surface area (Å²) in [6.45, 7) is 2.88. The normalized spacial score (nSPS) is 22.3. The first-order valence-corrected chi connectivity index (χ1v) is 4.38. The van der Waals surface area contributed by atoms with E-state index in [1.165, 1.54) is 0 Å². The predicted molar refractivity (Wildman–Crippen MR) is 49.2 cm³/mol. The molecule has 0 amide bonds. The Kier molecular flexibility index (Phi) is 2.85. The highest BCUT2D eigenvalue weighted by Crippen LogP contribution is 2.30. The van der Waals surface area contributed by atoms with Crippen LogP contribution in [-0.4, -0.2) is 56.9 Å². The van der Waals surface area contributed by atoms with Gasteiger partial charge in [-0.05, 0) is 34.1 Å². The summed E-state index contributed by atoms with van der Waals surface area (Å²) in [5, 5.41) is 0. The molecule has 0 radical (unpaired) electrons. The van der Waals surface area contributed by atoms with Crippen molar-refractivity contribution in [2.45, 2.75) is 6.42 Å². The number of carbonyl (C=O) groups is 1. The lowest BCUT2D eigenvalue weighted by Gasteiger charge is -2.45. The van der Waals surface area contributed by atoms with Gasteiger partial charge in [0.15, 0.2) is 0 Å². The summed E-state index contributed by atoms with van der Waals surface area (Å²) in [6, 6.07) is 0. The molecule has 0 aromatic heterocycles. The highest BCUT2D eigenvalue weighted by atomic mass is 16.1. The van der Waals surface area contributed by atoms with Crippen molar-refractivity contribution in [1.29, 1.82) is 0 Å². The molecule has 0 aliphatic carbocycles. The summed E-state index contributed by atoms with van der Waals surface area (Å²) in [7, 11) is 6.14. The zero-order valence-electron chi connectivity index (χ0n) is 8.21. The summed E-state index contributed by atoms with van der Waals surface area (Å²) in [6.07, 6.45) is 2.13. The van der Waals surface area contributed by atoms with Crippen molar-refractivity contribution in [3.63, 3.8) is 0 Å². The molecule has 1 saturated heterocycles. The average molecular weight is 170 g/mol. The maximum Gasteiger partial charge on any atom is 0.128 e. The van der Waals surface area contributed by atoms with E-state index in [-0.39, 0.29) is 5.41 Å². The second-order valence-corrected chi connectivity index (χ2v) is 4.21. The Bertz CT molecular complexity index is 162. The van der Waals surface area contributed by atoms with E-state index in [0.29, 0.717) is 0 Å². The molecule has 1 heterocycles. The minimum absolute atomic E-state index is 0.0287. The van der Waals surface area contributed by atoms with Gasteiger partial charge in [0.1, 0.15) is 6.29 Å². The van der Waals surface area contributed by atoms with Gasteiger partial charge in [0.25, 0.3) is 0 Å². The molecule has 0 atom stereocenters. The van der Waals surface area contributed by atoms with Crippen molar-refractivity contribution in [2.24, 2.45) is 5.41 Å². The Morgan fingerprint density at radius 2 is 2.08 bits per heavy atom. The number of hydrogen-bond acceptors (Lipinski definition) is 3. The van der Waals surface area contributed by atoms with Crippen molar-refractivity contribution in [1.82, 2.24) is 9.80 Å². The van der Waals surface area contributed by atoms with Gasteiger partial charge in [-0.2, -0.15) is 0 Å². The van der Waals surface area contributed by atoms with Gasteiger partial charge in [-0.3, -0.25) is 0 Å². The van der Waals surface area contributed by atoms with Gasteiger partial charge in [-0.25, -0.2) is 0 Å². The van der Waals surface area contributed by atoms with Crippen molar-refractivity contribution in [3.8, 4) is 0 Å². The Morgan fingerprint density at radius 3 is 2.42 bits per heavy atom. The van der Waals surface area contributed by atoms with E-state index in [0.717, 1.165) is 32.3 Å². The Morgan fingerprint density at radius 1 is 1.50 bits per heavy atom. The summed E-state index contributed by atoms with van der Waals surface area (Å²) < 4.78 is 0. The van der Waals surface area contributed by atoms with Crippen LogP contribution in [0.15, 0.2) is 0 Å². The van der Waals surface area contributed by atoms with Gasteiger partial charge >= 0.3 is 0 Å². The maximum absolute atomic E-state index is 10.8. The number of likely N-dealkylation sites (tertiary alicyclic amines) is 1. The highest BCUT2D eigenvalue weighted by Gasteiger charge is 2.40. The number of rotatable bonds is 4. The first-order chi connectivity index (χ1) is 5.58. The molecule has 0 N–H and O–H groups in total. The SMILES string of the molecule is CN(C)CCC1(C=O)CN(C)C1. The number of hydrogen-bond donors (Lipinski definition) is 0. The standard InChI is InChI=1S/C9H18N2O/c1-10(2)5-4-9(8-12)6-11(3)7-9/h8H,4-7H2,1-3H3. The average Bonchev–Trinajstić information content (AvgIpc) is 1.95. The van der Waals surface area contributed by atoms with Gasteiger partial charge in [-0.1, -0.05) is 0 Å². The van der Waals surface area contributed by atoms with Crippen LogP contribution < -0.4 is 0 Å². The van der Waals surface area contributed by atoms with E-state index in [2.05, 4.69) is 16.8 Å². The third kappa shape index (κ3) is 2.05. The summed E-state index contributed by atoms with van der Waals surface area (Å²) in [4.78, 5) is 15.1. The monoisotopic (exact) mass is 170 g/mol. The molecule has 0 saturated carbocycles. The molecule has 1 fully saturated rings. The largest absolute Gasteiger partial charge is 0.309 e. The van der Waals surface area contributed by atoms with Crippen LogP contribution >= 0.6 is 0 Å². The second-order valence-electron chi connectivity index (χ2n) is 4.21. The molecule has 70 valence electrons. The van der Waals surface area contributed by atoms with E-state index in [9.17, 15) is 4.79 Å². The molecular weight excluding hydrogens is 152 g/mol. The zero-order valence-corrected chi connectivity index (χ0v) is 8.21. The topological polar surface area (TPSA) is 23.6 Å². The Hall–Kier alpha value is -0.410. The molecule has 0 aromatic rings. The van der Waals surface area contributed by atoms with E-state index >= 15 is 0 Å². The Labute approximate surface area is 74.3 Å². The van der Waals surface area contributed by atoms with Gasteiger partial charge in [0, 0.05) is 13.1 Å². The molecular formula is C9H18N2O. The van der Waals surface area contributed by atoms with Crippen LogP contribution in [0.5, 0.6) is 0 Å².